The van der Waals surface area contributed by atoms with Gasteiger partial charge in [-0.05, 0) is 46.5 Å². The van der Waals surface area contributed by atoms with Crippen LogP contribution in [-0.4, -0.2) is 12.9 Å². The molecule has 0 heterocycles. The van der Waals surface area contributed by atoms with E-state index in [0.717, 1.165) is 28.6 Å². The summed E-state index contributed by atoms with van der Waals surface area (Å²) in [6.45, 7) is 0. The molecule has 3 heteroatoms. The summed E-state index contributed by atoms with van der Waals surface area (Å²) in [6.07, 6.45) is 2.71. The largest absolute Gasteiger partial charge is 0.496 e. The molecule has 0 aliphatic heterocycles. The third kappa shape index (κ3) is 2.59. The third-order valence-electron chi connectivity index (χ3n) is 2.63. The molecule has 0 saturated heterocycles. The van der Waals surface area contributed by atoms with Crippen molar-refractivity contribution in [3.8, 4) is 5.75 Å². The van der Waals surface area contributed by atoms with Crippen LogP contribution in [0, 0.1) is 5.92 Å². The fourth-order valence-electron chi connectivity index (χ4n) is 1.57. The summed E-state index contributed by atoms with van der Waals surface area (Å²) in [6, 6.07) is 5.79. The molecule has 0 N–H and O–H groups in total. The molecule has 1 aromatic rings. The van der Waals surface area contributed by atoms with Crippen molar-refractivity contribution in [3.63, 3.8) is 0 Å². The van der Waals surface area contributed by atoms with Crippen molar-refractivity contribution in [1.82, 2.24) is 0 Å². The van der Waals surface area contributed by atoms with Crippen LogP contribution < -0.4 is 4.74 Å². The van der Waals surface area contributed by atoms with Gasteiger partial charge in [0, 0.05) is 12.3 Å². The number of carbonyl (C=O) groups is 1. The summed E-state index contributed by atoms with van der Waals surface area (Å²) in [4.78, 5) is 11.6. The number of ketones is 1. The van der Waals surface area contributed by atoms with Crippen molar-refractivity contribution in [1.29, 1.82) is 0 Å². The highest BCUT2D eigenvalue weighted by Crippen LogP contribution is 2.32. The topological polar surface area (TPSA) is 26.3 Å². The van der Waals surface area contributed by atoms with Gasteiger partial charge in [-0.15, -0.1) is 0 Å². The van der Waals surface area contributed by atoms with Crippen molar-refractivity contribution in [2.75, 3.05) is 7.11 Å². The predicted octanol–water partition coefficient (Wildman–Crippen LogP) is 2.98. The molecule has 0 radical (unpaired) electrons. The monoisotopic (exact) mass is 268 g/mol. The average Bonchev–Trinajstić information content (AvgIpc) is 3.01. The van der Waals surface area contributed by atoms with Gasteiger partial charge in [0.05, 0.1) is 11.6 Å². The minimum Gasteiger partial charge on any atom is -0.496 e. The first-order valence-electron chi connectivity index (χ1n) is 5.06. The minimum atomic E-state index is 0.339. The molecule has 1 fully saturated rings. The van der Waals surface area contributed by atoms with Gasteiger partial charge in [-0.2, -0.15) is 0 Å². The number of benzene rings is 1. The molecule has 15 heavy (non-hydrogen) atoms. The Morgan fingerprint density at radius 3 is 2.80 bits per heavy atom. The Kier molecular flexibility index (Phi) is 3.10. The van der Waals surface area contributed by atoms with Gasteiger partial charge in [0.2, 0.25) is 0 Å². The molecule has 1 aliphatic carbocycles. The van der Waals surface area contributed by atoms with Crippen LogP contribution in [0.25, 0.3) is 0 Å². The zero-order valence-electron chi connectivity index (χ0n) is 8.63. The number of halogens is 1. The van der Waals surface area contributed by atoms with E-state index < -0.39 is 0 Å². The van der Waals surface area contributed by atoms with Gasteiger partial charge in [0.15, 0.2) is 0 Å². The fourth-order valence-corrected chi connectivity index (χ4v) is 2.16. The first-order valence-corrected chi connectivity index (χ1v) is 5.85. The molecule has 0 amide bonds. The molecule has 0 aromatic heterocycles. The van der Waals surface area contributed by atoms with Crippen molar-refractivity contribution >= 4 is 21.7 Å². The molecule has 2 nitrogen and oxygen atoms in total. The van der Waals surface area contributed by atoms with E-state index in [1.54, 1.807) is 7.11 Å². The summed E-state index contributed by atoms with van der Waals surface area (Å²) in [5.41, 5.74) is 1.06. The lowest BCUT2D eigenvalue weighted by molar-refractivity contribution is -0.119. The summed E-state index contributed by atoms with van der Waals surface area (Å²) in [5, 5.41) is 0. The van der Waals surface area contributed by atoms with E-state index >= 15 is 0 Å². The Labute approximate surface area is 97.8 Å². The highest BCUT2D eigenvalue weighted by molar-refractivity contribution is 9.10. The van der Waals surface area contributed by atoms with Crippen LogP contribution in [0.5, 0.6) is 5.75 Å². The van der Waals surface area contributed by atoms with Crippen LogP contribution in [0.1, 0.15) is 18.4 Å². The maximum Gasteiger partial charge on any atom is 0.140 e. The Balaban J connectivity index is 2.08. The first kappa shape index (κ1) is 10.7. The van der Waals surface area contributed by atoms with Crippen LogP contribution in [-0.2, 0) is 11.2 Å². The van der Waals surface area contributed by atoms with E-state index in [0.29, 0.717) is 18.1 Å². The summed E-state index contributed by atoms with van der Waals surface area (Å²) < 4.78 is 6.04. The molecule has 80 valence electrons. The molecule has 0 atom stereocenters. The minimum absolute atomic E-state index is 0.339. The number of methoxy groups -OCH3 is 1. The van der Waals surface area contributed by atoms with Crippen LogP contribution in [0.4, 0.5) is 0 Å². The molecular weight excluding hydrogens is 256 g/mol. The van der Waals surface area contributed by atoms with Crippen molar-refractivity contribution in [2.24, 2.45) is 5.92 Å². The number of ether oxygens (including phenoxy) is 1. The third-order valence-corrected chi connectivity index (χ3v) is 3.25. The van der Waals surface area contributed by atoms with E-state index in [1.165, 1.54) is 0 Å². The second-order valence-corrected chi connectivity index (χ2v) is 4.74. The van der Waals surface area contributed by atoms with Gasteiger partial charge in [-0.3, -0.25) is 4.79 Å². The van der Waals surface area contributed by atoms with Crippen LogP contribution in [0.3, 0.4) is 0 Å². The number of rotatable bonds is 4. The normalized spacial score (nSPS) is 15.1. The maximum atomic E-state index is 11.6. The zero-order valence-corrected chi connectivity index (χ0v) is 10.2. The Bertz CT molecular complexity index is 383. The number of carbonyl (C=O) groups excluding carboxylic acids is 1. The fraction of sp³-hybridized carbons (Fsp3) is 0.417. The van der Waals surface area contributed by atoms with Crippen molar-refractivity contribution < 1.29 is 9.53 Å². The molecule has 1 aliphatic rings. The summed E-state index contributed by atoms with van der Waals surface area (Å²) >= 11 is 3.41. The van der Waals surface area contributed by atoms with E-state index in [4.69, 9.17) is 4.74 Å². The molecule has 0 spiro atoms. The average molecular weight is 269 g/mol. The van der Waals surface area contributed by atoms with Crippen LogP contribution in [0.2, 0.25) is 0 Å². The first-order chi connectivity index (χ1) is 7.20. The summed E-state index contributed by atoms with van der Waals surface area (Å²) in [5.74, 6) is 1.51. The highest BCUT2D eigenvalue weighted by atomic mass is 79.9. The molecule has 1 saturated carbocycles. The number of Topliss-reactive ketones (excluding diaryl/α,β-unsaturated/α-hetero) is 1. The smallest absolute Gasteiger partial charge is 0.140 e. The molecule has 2 rings (SSSR count). The number of hydrogen-bond acceptors (Lipinski definition) is 2. The molecular formula is C12H13BrO2. The summed E-state index contributed by atoms with van der Waals surface area (Å²) in [7, 11) is 1.63. The molecule has 1 aromatic carbocycles. The van der Waals surface area contributed by atoms with Gasteiger partial charge in [-0.1, -0.05) is 6.07 Å². The standard InChI is InChI=1S/C12H13BrO2/c1-15-12-5-2-8(6-10(12)13)7-11(14)9-3-4-9/h2,5-6,9H,3-4,7H2,1H3. The van der Waals surface area contributed by atoms with Crippen LogP contribution in [0.15, 0.2) is 22.7 Å². The predicted molar refractivity (Wildman–Crippen MR) is 62.1 cm³/mol. The van der Waals surface area contributed by atoms with Gasteiger partial charge < -0.3 is 4.74 Å². The maximum absolute atomic E-state index is 11.6. The van der Waals surface area contributed by atoms with Crippen LogP contribution >= 0.6 is 15.9 Å². The number of hydrogen-bond donors (Lipinski definition) is 0. The SMILES string of the molecule is COc1ccc(CC(=O)C2CC2)cc1Br. The van der Waals surface area contributed by atoms with E-state index in [9.17, 15) is 4.79 Å². The van der Waals surface area contributed by atoms with Gasteiger partial charge in [0.1, 0.15) is 11.5 Å². The second-order valence-electron chi connectivity index (χ2n) is 3.89. The lowest BCUT2D eigenvalue weighted by Gasteiger charge is -2.05. The van der Waals surface area contributed by atoms with E-state index in [1.807, 2.05) is 18.2 Å². The molecule has 0 bridgehead atoms. The van der Waals surface area contributed by atoms with E-state index in [2.05, 4.69) is 15.9 Å². The van der Waals surface area contributed by atoms with Crippen molar-refractivity contribution in [2.45, 2.75) is 19.3 Å². The van der Waals surface area contributed by atoms with Crippen molar-refractivity contribution in [3.05, 3.63) is 28.2 Å². The molecule has 0 unspecified atom stereocenters. The zero-order chi connectivity index (χ0) is 10.8. The lowest BCUT2D eigenvalue weighted by Crippen LogP contribution is -2.04. The van der Waals surface area contributed by atoms with Gasteiger partial charge in [0.25, 0.3) is 0 Å². The van der Waals surface area contributed by atoms with Gasteiger partial charge >= 0.3 is 0 Å². The van der Waals surface area contributed by atoms with E-state index in [-0.39, 0.29) is 0 Å². The highest BCUT2D eigenvalue weighted by Gasteiger charge is 2.29. The lowest BCUT2D eigenvalue weighted by atomic mass is 10.1. The Morgan fingerprint density at radius 1 is 1.53 bits per heavy atom. The second kappa shape index (κ2) is 4.35. The Hall–Kier alpha value is -0.830. The Morgan fingerprint density at radius 2 is 2.27 bits per heavy atom. The quantitative estimate of drug-likeness (QED) is 0.840. The van der Waals surface area contributed by atoms with Gasteiger partial charge in [-0.25, -0.2) is 0 Å².